The molecular formula is C24H28Cl2N4O3S. The van der Waals surface area contributed by atoms with Gasteiger partial charge in [0.2, 0.25) is 5.91 Å². The van der Waals surface area contributed by atoms with Gasteiger partial charge in [-0.15, -0.1) is 0 Å². The van der Waals surface area contributed by atoms with Gasteiger partial charge in [-0.1, -0.05) is 43.1 Å². The van der Waals surface area contributed by atoms with E-state index in [1.54, 1.807) is 18.2 Å². The number of anilines is 2. The Hall–Kier alpha value is -2.55. The van der Waals surface area contributed by atoms with Gasteiger partial charge >= 0.3 is 0 Å². The number of rotatable bonds is 6. The van der Waals surface area contributed by atoms with E-state index in [0.717, 1.165) is 5.69 Å². The van der Waals surface area contributed by atoms with Crippen LogP contribution >= 0.6 is 35.4 Å². The molecule has 0 aliphatic carbocycles. The molecule has 2 amide bonds. The molecule has 0 atom stereocenters. The molecule has 1 aliphatic heterocycles. The largest absolute Gasteiger partial charge is 0.492 e. The van der Waals surface area contributed by atoms with Crippen molar-refractivity contribution in [3.8, 4) is 5.75 Å². The van der Waals surface area contributed by atoms with Crippen molar-refractivity contribution in [3.63, 3.8) is 0 Å². The van der Waals surface area contributed by atoms with Crippen molar-refractivity contribution in [3.05, 3.63) is 52.0 Å². The molecule has 34 heavy (non-hydrogen) atoms. The minimum absolute atomic E-state index is 0.0321. The summed E-state index contributed by atoms with van der Waals surface area (Å²) in [6.45, 7) is 8.65. The van der Waals surface area contributed by atoms with Crippen LogP contribution in [0.4, 0.5) is 11.4 Å². The Morgan fingerprint density at radius 1 is 1.09 bits per heavy atom. The van der Waals surface area contributed by atoms with Crippen LogP contribution in [0, 0.1) is 5.92 Å². The number of nitrogens with one attached hydrogen (secondary N) is 2. The van der Waals surface area contributed by atoms with Crippen LogP contribution in [0.5, 0.6) is 5.75 Å². The van der Waals surface area contributed by atoms with Gasteiger partial charge in [0.05, 0.1) is 28.0 Å². The van der Waals surface area contributed by atoms with E-state index in [2.05, 4.69) is 15.5 Å². The number of halogens is 2. The fourth-order valence-corrected chi connectivity index (χ4v) is 4.43. The van der Waals surface area contributed by atoms with Crippen molar-refractivity contribution < 1.29 is 14.3 Å². The van der Waals surface area contributed by atoms with Crippen LogP contribution in [0.1, 0.15) is 31.1 Å². The van der Waals surface area contributed by atoms with Crippen LogP contribution in [0.2, 0.25) is 10.0 Å². The molecular weight excluding hydrogens is 495 g/mol. The van der Waals surface area contributed by atoms with Crippen LogP contribution < -0.4 is 20.3 Å². The Kier molecular flexibility index (Phi) is 8.99. The summed E-state index contributed by atoms with van der Waals surface area (Å²) in [5.74, 6) is 0.234. The van der Waals surface area contributed by atoms with Crippen LogP contribution in [0.15, 0.2) is 36.4 Å². The Morgan fingerprint density at radius 2 is 1.79 bits per heavy atom. The van der Waals surface area contributed by atoms with E-state index in [4.69, 9.17) is 40.2 Å². The first kappa shape index (κ1) is 26.1. The van der Waals surface area contributed by atoms with Gasteiger partial charge in [-0.05, 0) is 49.5 Å². The summed E-state index contributed by atoms with van der Waals surface area (Å²) >= 11 is 18.1. The van der Waals surface area contributed by atoms with Gasteiger partial charge in [0.15, 0.2) is 5.11 Å². The third-order valence-corrected chi connectivity index (χ3v) is 6.16. The SMILES string of the molecule is CCOc1ccc(C(=O)NC(=S)Nc2cccc(Cl)c2N2CCN(C(=O)C(C)C)CC2)cc1Cl. The monoisotopic (exact) mass is 522 g/mol. The second-order valence-electron chi connectivity index (χ2n) is 8.09. The number of carbonyl (C=O) groups is 2. The van der Waals surface area contributed by atoms with Gasteiger partial charge in [-0.25, -0.2) is 0 Å². The molecule has 0 bridgehead atoms. The van der Waals surface area contributed by atoms with E-state index in [9.17, 15) is 9.59 Å². The molecule has 1 fully saturated rings. The molecule has 2 aromatic rings. The number of ether oxygens (including phenoxy) is 1. The number of nitrogens with zero attached hydrogens (tertiary/aromatic N) is 2. The van der Waals surface area contributed by atoms with Crippen LogP contribution in [0.3, 0.4) is 0 Å². The minimum Gasteiger partial charge on any atom is -0.492 e. The molecule has 0 aromatic heterocycles. The van der Waals surface area contributed by atoms with E-state index >= 15 is 0 Å². The lowest BCUT2D eigenvalue weighted by Gasteiger charge is -2.38. The normalized spacial score (nSPS) is 13.6. The molecule has 10 heteroatoms. The van der Waals surface area contributed by atoms with Crippen molar-refractivity contribution in [1.29, 1.82) is 0 Å². The van der Waals surface area contributed by atoms with Gasteiger partial charge < -0.3 is 19.9 Å². The smallest absolute Gasteiger partial charge is 0.257 e. The molecule has 0 radical (unpaired) electrons. The maximum Gasteiger partial charge on any atom is 0.257 e. The van der Waals surface area contributed by atoms with Crippen molar-refractivity contribution >= 4 is 63.7 Å². The van der Waals surface area contributed by atoms with Crippen molar-refractivity contribution in [2.75, 3.05) is 43.0 Å². The molecule has 0 saturated carbocycles. The number of piperazine rings is 1. The molecule has 0 spiro atoms. The number of para-hydroxylation sites is 1. The molecule has 3 rings (SSSR count). The number of thiocarbonyl (C=S) groups is 1. The fraction of sp³-hybridized carbons (Fsp3) is 0.375. The van der Waals surface area contributed by atoms with E-state index in [1.807, 2.05) is 37.8 Å². The number of amides is 2. The average Bonchev–Trinajstić information content (AvgIpc) is 2.80. The second-order valence-corrected chi connectivity index (χ2v) is 9.31. The zero-order chi connectivity index (χ0) is 24.8. The van der Waals surface area contributed by atoms with Gasteiger partial charge in [0, 0.05) is 37.7 Å². The summed E-state index contributed by atoms with van der Waals surface area (Å²) in [4.78, 5) is 29.0. The third kappa shape index (κ3) is 6.31. The topological polar surface area (TPSA) is 73.9 Å². The first-order valence-electron chi connectivity index (χ1n) is 11.1. The van der Waals surface area contributed by atoms with Crippen LogP contribution in [-0.2, 0) is 4.79 Å². The molecule has 7 nitrogen and oxygen atoms in total. The zero-order valence-electron chi connectivity index (χ0n) is 19.4. The lowest BCUT2D eigenvalue weighted by molar-refractivity contribution is -0.134. The van der Waals surface area contributed by atoms with Crippen molar-refractivity contribution in [1.82, 2.24) is 10.2 Å². The lowest BCUT2D eigenvalue weighted by Crippen LogP contribution is -2.50. The lowest BCUT2D eigenvalue weighted by atomic mass is 10.1. The molecule has 1 aliphatic rings. The van der Waals surface area contributed by atoms with Crippen molar-refractivity contribution in [2.24, 2.45) is 5.92 Å². The highest BCUT2D eigenvalue weighted by molar-refractivity contribution is 7.80. The highest BCUT2D eigenvalue weighted by atomic mass is 35.5. The molecule has 0 unspecified atom stereocenters. The number of hydrogen-bond acceptors (Lipinski definition) is 5. The maximum atomic E-state index is 12.7. The summed E-state index contributed by atoms with van der Waals surface area (Å²) in [6.07, 6.45) is 0. The standard InChI is InChI=1S/C24H28Cl2N4O3S/c1-4-33-20-9-8-16(14-18(20)26)22(31)28-24(34)27-19-7-5-6-17(25)21(19)29-10-12-30(13-11-29)23(32)15(2)3/h5-9,14-15H,4,10-13H2,1-3H3,(H2,27,28,31,34). The summed E-state index contributed by atoms with van der Waals surface area (Å²) in [7, 11) is 0. The van der Waals surface area contributed by atoms with E-state index < -0.39 is 5.91 Å². The molecule has 2 N–H and O–H groups in total. The first-order valence-corrected chi connectivity index (χ1v) is 12.2. The maximum absolute atomic E-state index is 12.7. The molecule has 1 heterocycles. The van der Waals surface area contributed by atoms with E-state index in [-0.39, 0.29) is 16.9 Å². The van der Waals surface area contributed by atoms with E-state index in [0.29, 0.717) is 59.8 Å². The Morgan fingerprint density at radius 3 is 2.41 bits per heavy atom. The highest BCUT2D eigenvalue weighted by Crippen LogP contribution is 2.34. The van der Waals surface area contributed by atoms with E-state index in [1.165, 1.54) is 6.07 Å². The number of benzene rings is 2. The molecule has 1 saturated heterocycles. The second kappa shape index (κ2) is 11.7. The molecule has 182 valence electrons. The number of carbonyl (C=O) groups excluding carboxylic acids is 2. The van der Waals surface area contributed by atoms with Gasteiger partial charge in [-0.3, -0.25) is 14.9 Å². The zero-order valence-corrected chi connectivity index (χ0v) is 21.7. The first-order chi connectivity index (χ1) is 16.2. The third-order valence-electron chi connectivity index (χ3n) is 5.36. The predicted molar refractivity (Wildman–Crippen MR) is 141 cm³/mol. The summed E-state index contributed by atoms with van der Waals surface area (Å²) in [5, 5.41) is 6.79. The summed E-state index contributed by atoms with van der Waals surface area (Å²) < 4.78 is 5.40. The fourth-order valence-electron chi connectivity index (χ4n) is 3.70. The minimum atomic E-state index is -0.396. The molecule has 2 aromatic carbocycles. The van der Waals surface area contributed by atoms with Crippen LogP contribution in [0.25, 0.3) is 0 Å². The summed E-state index contributed by atoms with van der Waals surface area (Å²) in [5.41, 5.74) is 1.81. The summed E-state index contributed by atoms with van der Waals surface area (Å²) in [6, 6.07) is 10.3. The highest BCUT2D eigenvalue weighted by Gasteiger charge is 2.25. The number of hydrogen-bond donors (Lipinski definition) is 2. The average molecular weight is 523 g/mol. The quantitative estimate of drug-likeness (QED) is 0.529. The predicted octanol–water partition coefficient (Wildman–Crippen LogP) is 4.82. The van der Waals surface area contributed by atoms with Gasteiger partial charge in [-0.2, -0.15) is 0 Å². The Bertz CT molecular complexity index is 1070. The van der Waals surface area contributed by atoms with Gasteiger partial charge in [0.25, 0.3) is 5.91 Å². The van der Waals surface area contributed by atoms with Gasteiger partial charge in [0.1, 0.15) is 5.75 Å². The Balaban J connectivity index is 1.68. The Labute approximate surface area is 215 Å². The van der Waals surface area contributed by atoms with Crippen molar-refractivity contribution in [2.45, 2.75) is 20.8 Å². The van der Waals surface area contributed by atoms with Crippen LogP contribution in [-0.4, -0.2) is 54.6 Å².